The summed E-state index contributed by atoms with van der Waals surface area (Å²) in [7, 11) is 0. The van der Waals surface area contributed by atoms with Gasteiger partial charge in [0.25, 0.3) is 0 Å². The minimum atomic E-state index is 0.0567. The molecule has 0 saturated carbocycles. The van der Waals surface area contributed by atoms with Crippen molar-refractivity contribution in [1.82, 2.24) is 0 Å². The molecule has 4 heteroatoms. The van der Waals surface area contributed by atoms with Crippen LogP contribution in [-0.2, 0) is 10.5 Å². The summed E-state index contributed by atoms with van der Waals surface area (Å²) >= 11 is 3.38. The van der Waals surface area contributed by atoms with Crippen LogP contribution in [0.2, 0.25) is 0 Å². The Labute approximate surface area is 141 Å². The topological polar surface area (TPSA) is 29.1 Å². The molecule has 1 amide bonds. The van der Waals surface area contributed by atoms with Gasteiger partial charge in [-0.15, -0.1) is 23.5 Å². The van der Waals surface area contributed by atoms with E-state index >= 15 is 0 Å². The van der Waals surface area contributed by atoms with Crippen LogP contribution in [0.25, 0.3) is 0 Å². The van der Waals surface area contributed by atoms with Gasteiger partial charge in [0.2, 0.25) is 5.91 Å². The summed E-state index contributed by atoms with van der Waals surface area (Å²) in [6.07, 6.45) is 0. The van der Waals surface area contributed by atoms with Crippen LogP contribution in [0, 0.1) is 6.92 Å². The number of carbonyl (C=O) groups excluding carboxylic acids is 1. The summed E-state index contributed by atoms with van der Waals surface area (Å²) in [6.45, 7) is 4.19. The van der Waals surface area contributed by atoms with Crippen LogP contribution in [0.4, 0.5) is 5.69 Å². The Kier molecular flexibility index (Phi) is 6.87. The first kappa shape index (κ1) is 17.0. The third kappa shape index (κ3) is 5.43. The molecule has 2 rings (SSSR count). The monoisotopic (exact) mass is 331 g/mol. The van der Waals surface area contributed by atoms with E-state index < -0.39 is 0 Å². The van der Waals surface area contributed by atoms with Crippen molar-refractivity contribution in [2.45, 2.75) is 24.5 Å². The number of carbonyl (C=O) groups is 1. The fraction of sp³-hybridized carbons (Fsp3) is 0.278. The zero-order valence-electron chi connectivity index (χ0n) is 13.0. The molecule has 1 N–H and O–H groups in total. The predicted molar refractivity (Wildman–Crippen MR) is 98.8 cm³/mol. The molecule has 0 aliphatic heterocycles. The Morgan fingerprint density at radius 1 is 1.09 bits per heavy atom. The van der Waals surface area contributed by atoms with Crippen molar-refractivity contribution in [2.75, 3.05) is 16.8 Å². The van der Waals surface area contributed by atoms with Crippen molar-refractivity contribution in [3.8, 4) is 0 Å². The SMILES string of the molecule is CCSc1ccccc1NC(=O)CSCc1ccc(C)cc1. The van der Waals surface area contributed by atoms with Crippen molar-refractivity contribution in [3.63, 3.8) is 0 Å². The molecule has 0 unspecified atom stereocenters. The summed E-state index contributed by atoms with van der Waals surface area (Å²) in [4.78, 5) is 13.2. The highest BCUT2D eigenvalue weighted by atomic mass is 32.2. The van der Waals surface area contributed by atoms with E-state index in [1.807, 2.05) is 24.3 Å². The molecular weight excluding hydrogens is 310 g/mol. The molecule has 0 aromatic heterocycles. The highest BCUT2D eigenvalue weighted by Crippen LogP contribution is 2.26. The van der Waals surface area contributed by atoms with Gasteiger partial charge >= 0.3 is 0 Å². The van der Waals surface area contributed by atoms with Gasteiger partial charge in [-0.2, -0.15) is 0 Å². The van der Waals surface area contributed by atoms with Gasteiger partial charge in [0.1, 0.15) is 0 Å². The van der Waals surface area contributed by atoms with Gasteiger partial charge < -0.3 is 5.32 Å². The van der Waals surface area contributed by atoms with Crippen molar-refractivity contribution < 1.29 is 4.79 Å². The van der Waals surface area contributed by atoms with Crippen LogP contribution < -0.4 is 5.32 Å². The summed E-state index contributed by atoms with van der Waals surface area (Å²) in [5, 5.41) is 3.01. The Morgan fingerprint density at radius 3 is 2.55 bits per heavy atom. The lowest BCUT2D eigenvalue weighted by atomic mass is 10.2. The zero-order valence-corrected chi connectivity index (χ0v) is 14.6. The first-order valence-electron chi connectivity index (χ1n) is 7.34. The molecule has 2 aromatic rings. The van der Waals surface area contributed by atoms with E-state index in [-0.39, 0.29) is 5.91 Å². The number of anilines is 1. The molecule has 0 spiro atoms. The van der Waals surface area contributed by atoms with Gasteiger partial charge in [0.05, 0.1) is 11.4 Å². The summed E-state index contributed by atoms with van der Waals surface area (Å²) in [5.74, 6) is 2.38. The molecule has 0 aliphatic carbocycles. The van der Waals surface area contributed by atoms with Gasteiger partial charge in [-0.05, 0) is 30.4 Å². The van der Waals surface area contributed by atoms with Gasteiger partial charge in [-0.1, -0.05) is 48.9 Å². The highest BCUT2D eigenvalue weighted by Gasteiger charge is 2.06. The lowest BCUT2D eigenvalue weighted by Crippen LogP contribution is -2.14. The Hall–Kier alpha value is -1.39. The number of amides is 1. The molecule has 0 fully saturated rings. The third-order valence-electron chi connectivity index (χ3n) is 3.08. The second-order valence-electron chi connectivity index (χ2n) is 4.96. The maximum Gasteiger partial charge on any atom is 0.234 e. The molecule has 0 heterocycles. The first-order valence-corrected chi connectivity index (χ1v) is 9.48. The highest BCUT2D eigenvalue weighted by molar-refractivity contribution is 7.99. The van der Waals surface area contributed by atoms with E-state index in [0.29, 0.717) is 5.75 Å². The molecule has 2 nitrogen and oxygen atoms in total. The van der Waals surface area contributed by atoms with Gasteiger partial charge in [0, 0.05) is 10.6 Å². The van der Waals surface area contributed by atoms with Crippen LogP contribution in [0.15, 0.2) is 53.4 Å². The second kappa shape index (κ2) is 8.91. The van der Waals surface area contributed by atoms with Crippen LogP contribution in [0.1, 0.15) is 18.1 Å². The van der Waals surface area contributed by atoms with E-state index in [1.54, 1.807) is 23.5 Å². The zero-order chi connectivity index (χ0) is 15.8. The molecule has 0 aliphatic rings. The normalized spacial score (nSPS) is 10.5. The molecule has 0 bridgehead atoms. The van der Waals surface area contributed by atoms with Gasteiger partial charge in [-0.25, -0.2) is 0 Å². The van der Waals surface area contributed by atoms with Crippen molar-refractivity contribution in [2.24, 2.45) is 0 Å². The number of thioether (sulfide) groups is 2. The van der Waals surface area contributed by atoms with Gasteiger partial charge in [0.15, 0.2) is 0 Å². The number of para-hydroxylation sites is 1. The number of benzene rings is 2. The fourth-order valence-electron chi connectivity index (χ4n) is 1.98. The number of rotatable bonds is 7. The van der Waals surface area contributed by atoms with E-state index in [2.05, 4.69) is 43.4 Å². The average molecular weight is 332 g/mol. The Bertz CT molecular complexity index is 611. The van der Waals surface area contributed by atoms with E-state index in [1.165, 1.54) is 11.1 Å². The Morgan fingerprint density at radius 2 is 1.82 bits per heavy atom. The van der Waals surface area contributed by atoms with Crippen LogP contribution in [0.3, 0.4) is 0 Å². The Balaban J connectivity index is 1.82. The number of hydrogen-bond donors (Lipinski definition) is 1. The van der Waals surface area contributed by atoms with Crippen LogP contribution in [-0.4, -0.2) is 17.4 Å². The minimum Gasteiger partial charge on any atom is -0.324 e. The van der Waals surface area contributed by atoms with Gasteiger partial charge in [-0.3, -0.25) is 4.79 Å². The third-order valence-corrected chi connectivity index (χ3v) is 5.04. The summed E-state index contributed by atoms with van der Waals surface area (Å²) in [6, 6.07) is 16.4. The number of nitrogens with one attached hydrogen (secondary N) is 1. The molecule has 2 aromatic carbocycles. The smallest absolute Gasteiger partial charge is 0.234 e. The van der Waals surface area contributed by atoms with E-state index in [9.17, 15) is 4.79 Å². The predicted octanol–water partition coefficient (Wildman–Crippen LogP) is 4.98. The van der Waals surface area contributed by atoms with Crippen LogP contribution in [0.5, 0.6) is 0 Å². The summed E-state index contributed by atoms with van der Waals surface area (Å²) < 4.78 is 0. The maximum atomic E-state index is 12.1. The number of aryl methyl sites for hydroxylation is 1. The molecular formula is C18H21NOS2. The van der Waals surface area contributed by atoms with Crippen molar-refractivity contribution in [1.29, 1.82) is 0 Å². The van der Waals surface area contributed by atoms with E-state index in [4.69, 9.17) is 0 Å². The first-order chi connectivity index (χ1) is 10.7. The molecule has 0 saturated heterocycles. The fourth-order valence-corrected chi connectivity index (χ4v) is 3.53. The molecule has 116 valence electrons. The standard InChI is InChI=1S/C18H21NOS2/c1-3-22-17-7-5-4-6-16(17)19-18(20)13-21-12-15-10-8-14(2)9-11-15/h4-11H,3,12-13H2,1-2H3,(H,19,20). The number of hydrogen-bond acceptors (Lipinski definition) is 3. The largest absolute Gasteiger partial charge is 0.324 e. The lowest BCUT2D eigenvalue weighted by Gasteiger charge is -2.10. The lowest BCUT2D eigenvalue weighted by molar-refractivity contribution is -0.113. The second-order valence-corrected chi connectivity index (χ2v) is 7.25. The quantitative estimate of drug-likeness (QED) is 0.726. The minimum absolute atomic E-state index is 0.0567. The van der Waals surface area contributed by atoms with E-state index in [0.717, 1.165) is 22.1 Å². The maximum absolute atomic E-state index is 12.1. The molecule has 0 atom stereocenters. The molecule has 0 radical (unpaired) electrons. The van der Waals surface area contributed by atoms with Crippen molar-refractivity contribution >= 4 is 35.1 Å². The average Bonchev–Trinajstić information content (AvgIpc) is 2.51. The van der Waals surface area contributed by atoms with Crippen LogP contribution >= 0.6 is 23.5 Å². The van der Waals surface area contributed by atoms with Crippen molar-refractivity contribution in [3.05, 3.63) is 59.7 Å². The summed E-state index contributed by atoms with van der Waals surface area (Å²) in [5.41, 5.74) is 3.43. The molecule has 22 heavy (non-hydrogen) atoms.